The third kappa shape index (κ3) is 3.14. The summed E-state index contributed by atoms with van der Waals surface area (Å²) in [4.78, 5) is 13.0. The van der Waals surface area contributed by atoms with Crippen LogP contribution in [0.1, 0.15) is 54.4 Å². The molecule has 2 aliphatic heterocycles. The first-order chi connectivity index (χ1) is 12.0. The number of nitrogens with one attached hydrogen (secondary N) is 1. The predicted octanol–water partition coefficient (Wildman–Crippen LogP) is 1.50. The number of hydrogen-bond acceptors (Lipinski definition) is 5. The molecule has 0 amide bonds. The van der Waals surface area contributed by atoms with E-state index in [1.54, 1.807) is 0 Å². The number of fused-ring (bicyclic) bond motifs is 1. The van der Waals surface area contributed by atoms with E-state index in [9.17, 15) is 15.0 Å². The molecule has 0 bridgehead atoms. The van der Waals surface area contributed by atoms with Gasteiger partial charge in [-0.2, -0.15) is 0 Å². The smallest absolute Gasteiger partial charge is 0.150 e. The van der Waals surface area contributed by atoms with Crippen LogP contribution in [-0.4, -0.2) is 58.4 Å². The van der Waals surface area contributed by atoms with Gasteiger partial charge in [0, 0.05) is 36.7 Å². The number of carbonyl (C=O) groups is 1. The highest BCUT2D eigenvalue weighted by Gasteiger charge is 2.65. The minimum Gasteiger partial charge on any atom is -0.393 e. The lowest BCUT2D eigenvalue weighted by Crippen LogP contribution is -2.37. The SMILES string of the molecule is C[C@H](c1ccc(C=O)cc1)[C@H]1C[C@@H](CN[C@H]2CC[C@@H](O)C2)[C@@]2(O)CN12. The van der Waals surface area contributed by atoms with Crippen LogP contribution in [0.2, 0.25) is 0 Å². The van der Waals surface area contributed by atoms with Crippen LogP contribution >= 0.6 is 0 Å². The van der Waals surface area contributed by atoms with Gasteiger partial charge in [-0.05, 0) is 37.2 Å². The third-order valence-electron chi connectivity index (χ3n) is 6.61. The molecular formula is C20H28N2O3. The van der Waals surface area contributed by atoms with E-state index in [2.05, 4.69) is 17.1 Å². The zero-order valence-electron chi connectivity index (χ0n) is 14.8. The van der Waals surface area contributed by atoms with Crippen LogP contribution in [0, 0.1) is 5.92 Å². The third-order valence-corrected chi connectivity index (χ3v) is 6.61. The first-order valence-corrected chi connectivity index (χ1v) is 9.47. The number of rotatable bonds is 6. The molecule has 25 heavy (non-hydrogen) atoms. The van der Waals surface area contributed by atoms with Crippen molar-refractivity contribution < 1.29 is 15.0 Å². The topological polar surface area (TPSA) is 72.6 Å². The Bertz CT molecular complexity index is 634. The zero-order chi connectivity index (χ0) is 17.6. The van der Waals surface area contributed by atoms with Crippen LogP contribution in [0.3, 0.4) is 0 Å². The van der Waals surface area contributed by atoms with Gasteiger partial charge in [-0.15, -0.1) is 0 Å². The summed E-state index contributed by atoms with van der Waals surface area (Å²) in [5.41, 5.74) is 1.27. The van der Waals surface area contributed by atoms with Gasteiger partial charge in [-0.25, -0.2) is 0 Å². The molecule has 0 aromatic heterocycles. The summed E-state index contributed by atoms with van der Waals surface area (Å²) >= 11 is 0. The Balaban J connectivity index is 1.38. The highest BCUT2D eigenvalue weighted by Crippen LogP contribution is 2.52. The number of aliphatic hydroxyl groups excluding tert-OH is 1. The average Bonchev–Trinajstić information content (AvgIpc) is 2.99. The number of carbonyl (C=O) groups excluding carboxylic acids is 1. The van der Waals surface area contributed by atoms with Crippen LogP contribution < -0.4 is 5.32 Å². The number of piperidine rings is 1. The lowest BCUT2D eigenvalue weighted by Gasteiger charge is -2.24. The summed E-state index contributed by atoms with van der Waals surface area (Å²) < 4.78 is 0. The van der Waals surface area contributed by atoms with Crippen molar-refractivity contribution in [3.63, 3.8) is 0 Å². The Morgan fingerprint density at radius 2 is 2.08 bits per heavy atom. The van der Waals surface area contributed by atoms with Gasteiger partial charge in [0.05, 0.1) is 6.10 Å². The maximum atomic E-state index is 10.9. The Hall–Kier alpha value is -1.27. The van der Waals surface area contributed by atoms with E-state index in [1.165, 1.54) is 5.56 Å². The van der Waals surface area contributed by atoms with E-state index in [4.69, 9.17) is 0 Å². The molecule has 2 saturated heterocycles. The standard InChI is InChI=1S/C20H28N2O3/c1-13(15-4-2-14(11-23)3-5-15)19-8-16(20(25)12-22(19)20)10-21-17-6-7-18(24)9-17/h2-5,11,13,16-19,21,24-25H,6-10,12H2,1H3/t13-,16+,17+,18-,19-,20+,22?/m1/s1. The van der Waals surface area contributed by atoms with Gasteiger partial charge in [-0.3, -0.25) is 9.69 Å². The molecule has 1 saturated carbocycles. The number of aliphatic hydroxyl groups is 2. The van der Waals surface area contributed by atoms with Gasteiger partial charge in [0.15, 0.2) is 0 Å². The van der Waals surface area contributed by atoms with Crippen molar-refractivity contribution >= 4 is 6.29 Å². The van der Waals surface area contributed by atoms with Crippen molar-refractivity contribution in [2.45, 2.75) is 62.4 Å². The van der Waals surface area contributed by atoms with Gasteiger partial charge in [0.25, 0.3) is 0 Å². The summed E-state index contributed by atoms with van der Waals surface area (Å²) in [5, 5.41) is 24.1. The molecule has 1 aromatic rings. The highest BCUT2D eigenvalue weighted by molar-refractivity contribution is 5.74. The van der Waals surface area contributed by atoms with Gasteiger partial charge in [0.2, 0.25) is 0 Å². The summed E-state index contributed by atoms with van der Waals surface area (Å²) in [5.74, 6) is 0.569. The second-order valence-corrected chi connectivity index (χ2v) is 8.15. The van der Waals surface area contributed by atoms with Gasteiger partial charge in [0.1, 0.15) is 12.0 Å². The second kappa shape index (κ2) is 6.47. The molecule has 7 atom stereocenters. The fraction of sp³-hybridized carbons (Fsp3) is 0.650. The van der Waals surface area contributed by atoms with Gasteiger partial charge < -0.3 is 15.5 Å². The van der Waals surface area contributed by atoms with Crippen molar-refractivity contribution in [3.05, 3.63) is 35.4 Å². The molecule has 4 rings (SSSR count). The number of aldehydes is 1. The Morgan fingerprint density at radius 3 is 2.72 bits per heavy atom. The molecule has 136 valence electrons. The molecule has 1 unspecified atom stereocenters. The number of benzene rings is 1. The quantitative estimate of drug-likeness (QED) is 0.539. The van der Waals surface area contributed by atoms with Crippen molar-refractivity contribution in [1.29, 1.82) is 0 Å². The van der Waals surface area contributed by atoms with Gasteiger partial charge in [-0.1, -0.05) is 31.2 Å². The molecular weight excluding hydrogens is 316 g/mol. The number of hydrogen-bond donors (Lipinski definition) is 3. The molecule has 3 aliphatic rings. The molecule has 0 radical (unpaired) electrons. The molecule has 1 aromatic carbocycles. The minimum atomic E-state index is -0.647. The fourth-order valence-corrected chi connectivity index (χ4v) is 4.86. The van der Waals surface area contributed by atoms with Crippen LogP contribution in [-0.2, 0) is 0 Å². The van der Waals surface area contributed by atoms with E-state index in [-0.39, 0.29) is 12.0 Å². The van der Waals surface area contributed by atoms with Crippen molar-refractivity contribution in [3.8, 4) is 0 Å². The molecule has 5 heteroatoms. The van der Waals surface area contributed by atoms with Crippen molar-refractivity contribution in [1.82, 2.24) is 10.2 Å². The van der Waals surface area contributed by atoms with Crippen LogP contribution in [0.15, 0.2) is 24.3 Å². The van der Waals surface area contributed by atoms with Crippen LogP contribution in [0.5, 0.6) is 0 Å². The molecule has 3 N–H and O–H groups in total. The second-order valence-electron chi connectivity index (χ2n) is 8.15. The Labute approximate surface area is 149 Å². The molecule has 1 aliphatic carbocycles. The van der Waals surface area contributed by atoms with E-state index in [1.807, 2.05) is 24.3 Å². The van der Waals surface area contributed by atoms with E-state index >= 15 is 0 Å². The van der Waals surface area contributed by atoms with E-state index in [0.29, 0.717) is 23.6 Å². The minimum absolute atomic E-state index is 0.163. The van der Waals surface area contributed by atoms with E-state index < -0.39 is 5.72 Å². The zero-order valence-corrected chi connectivity index (χ0v) is 14.8. The summed E-state index contributed by atoms with van der Waals surface area (Å²) in [6.07, 6.45) is 4.43. The Kier molecular flexibility index (Phi) is 4.44. The lowest BCUT2D eigenvalue weighted by atomic mass is 9.87. The van der Waals surface area contributed by atoms with Gasteiger partial charge >= 0.3 is 0 Å². The van der Waals surface area contributed by atoms with E-state index in [0.717, 1.165) is 45.1 Å². The van der Waals surface area contributed by atoms with Crippen LogP contribution in [0.25, 0.3) is 0 Å². The average molecular weight is 344 g/mol. The predicted molar refractivity (Wildman–Crippen MR) is 95.4 cm³/mol. The summed E-state index contributed by atoms with van der Waals surface area (Å²) in [7, 11) is 0. The molecule has 5 nitrogen and oxygen atoms in total. The molecule has 3 fully saturated rings. The maximum Gasteiger partial charge on any atom is 0.150 e. The monoisotopic (exact) mass is 344 g/mol. The van der Waals surface area contributed by atoms with Crippen molar-refractivity contribution in [2.24, 2.45) is 5.92 Å². The maximum absolute atomic E-state index is 10.9. The summed E-state index contributed by atoms with van der Waals surface area (Å²) in [6, 6.07) is 8.52. The summed E-state index contributed by atoms with van der Waals surface area (Å²) in [6.45, 7) is 3.79. The first-order valence-electron chi connectivity index (χ1n) is 9.47. The lowest BCUT2D eigenvalue weighted by molar-refractivity contribution is 0.0605. The highest BCUT2D eigenvalue weighted by atomic mass is 16.3. The molecule has 0 spiro atoms. The molecule has 2 heterocycles. The fourth-order valence-electron chi connectivity index (χ4n) is 4.86. The first kappa shape index (κ1) is 17.2. The largest absolute Gasteiger partial charge is 0.393 e. The normalized spacial score (nSPS) is 40.7. The van der Waals surface area contributed by atoms with Crippen LogP contribution in [0.4, 0.5) is 0 Å². The van der Waals surface area contributed by atoms with Crippen molar-refractivity contribution in [2.75, 3.05) is 13.1 Å². The number of nitrogens with zero attached hydrogens (tertiary/aromatic N) is 1. The Morgan fingerprint density at radius 1 is 1.32 bits per heavy atom.